The number of benzene rings is 2. The molecule has 0 saturated carbocycles. The summed E-state index contributed by atoms with van der Waals surface area (Å²) in [6.07, 6.45) is 5.33. The number of para-hydroxylation sites is 2. The highest BCUT2D eigenvalue weighted by molar-refractivity contribution is 5.77. The Morgan fingerprint density at radius 1 is 1.11 bits per heavy atom. The summed E-state index contributed by atoms with van der Waals surface area (Å²) >= 11 is 0. The molecule has 1 aliphatic rings. The van der Waals surface area contributed by atoms with Crippen molar-refractivity contribution >= 4 is 11.1 Å². The highest BCUT2D eigenvalue weighted by Crippen LogP contribution is 2.47. The zero-order chi connectivity index (χ0) is 24.1. The number of fused-ring (bicyclic) bond motifs is 2. The Labute approximate surface area is 200 Å². The Bertz CT molecular complexity index is 1580. The molecule has 2 N–H and O–H groups in total. The monoisotopic (exact) mass is 463 g/mol. The van der Waals surface area contributed by atoms with E-state index in [4.69, 9.17) is 20.0 Å². The normalized spacial score (nSPS) is 15.3. The van der Waals surface area contributed by atoms with Crippen LogP contribution in [0.15, 0.2) is 83.1 Å². The molecule has 0 amide bonds. The van der Waals surface area contributed by atoms with Gasteiger partial charge in [-0.1, -0.05) is 24.3 Å². The molecule has 1 unspecified atom stereocenters. The van der Waals surface area contributed by atoms with Crippen molar-refractivity contribution in [3.05, 3.63) is 89.8 Å². The molecule has 0 aliphatic carbocycles. The van der Waals surface area contributed by atoms with E-state index in [-0.39, 0.29) is 11.9 Å². The Hall–Kier alpha value is -4.84. The summed E-state index contributed by atoms with van der Waals surface area (Å²) in [6, 6.07) is 17.7. The molecule has 1 aliphatic heterocycles. The number of allylic oxidation sites excluding steroid dienone is 1. The number of ether oxygens (including phenoxy) is 1. The third-order valence-corrected chi connectivity index (χ3v) is 6.09. The van der Waals surface area contributed by atoms with Gasteiger partial charge in [-0.2, -0.15) is 10.4 Å². The van der Waals surface area contributed by atoms with Crippen LogP contribution in [0.4, 0.5) is 0 Å². The van der Waals surface area contributed by atoms with Gasteiger partial charge in [0.1, 0.15) is 17.2 Å². The number of nitrogens with zero attached hydrogens (tertiary/aromatic N) is 6. The van der Waals surface area contributed by atoms with Crippen LogP contribution in [0.25, 0.3) is 28.4 Å². The lowest BCUT2D eigenvalue weighted by atomic mass is 9.84. The number of nitrogens with two attached hydrogens (primary N) is 1. The summed E-state index contributed by atoms with van der Waals surface area (Å²) in [7, 11) is 0. The van der Waals surface area contributed by atoms with Gasteiger partial charge >= 0.3 is 0 Å². The number of hydrogen-bond acceptors (Lipinski definition) is 7. The smallest absolute Gasteiger partial charge is 0.248 e. The number of aromatic nitrogens is 5. The van der Waals surface area contributed by atoms with Gasteiger partial charge in [0.05, 0.1) is 23.9 Å². The van der Waals surface area contributed by atoms with Crippen LogP contribution in [0.3, 0.4) is 0 Å². The average Bonchev–Trinajstić information content (AvgIpc) is 3.61. The predicted molar refractivity (Wildman–Crippen MR) is 128 cm³/mol. The zero-order valence-corrected chi connectivity index (χ0v) is 19.1. The molecule has 5 aromatic rings. The van der Waals surface area contributed by atoms with Crippen molar-refractivity contribution in [3.8, 4) is 29.2 Å². The molecular weight excluding hydrogens is 442 g/mol. The fourth-order valence-electron chi connectivity index (χ4n) is 4.42. The fraction of sp³-hybridized carbons (Fsp3) is 0.154. The molecule has 172 valence electrons. The second kappa shape index (κ2) is 7.88. The molecule has 0 saturated heterocycles. The van der Waals surface area contributed by atoms with E-state index >= 15 is 0 Å². The van der Waals surface area contributed by atoms with Crippen LogP contribution in [-0.2, 0) is 0 Å². The second-order valence-corrected chi connectivity index (χ2v) is 8.58. The first-order valence-corrected chi connectivity index (χ1v) is 11.2. The molecule has 9 nitrogen and oxygen atoms in total. The van der Waals surface area contributed by atoms with E-state index in [0.29, 0.717) is 34.2 Å². The number of oxazole rings is 1. The van der Waals surface area contributed by atoms with Crippen molar-refractivity contribution in [2.24, 2.45) is 5.73 Å². The van der Waals surface area contributed by atoms with Crippen LogP contribution in [0.2, 0.25) is 0 Å². The van der Waals surface area contributed by atoms with Gasteiger partial charge in [-0.15, -0.1) is 0 Å². The number of nitriles is 1. The molecule has 1 atom stereocenters. The number of hydrogen-bond donors (Lipinski definition) is 1. The van der Waals surface area contributed by atoms with Crippen LogP contribution < -0.4 is 10.5 Å². The Morgan fingerprint density at radius 3 is 2.60 bits per heavy atom. The molecule has 0 fully saturated rings. The maximum Gasteiger partial charge on any atom is 0.248 e. The first-order chi connectivity index (χ1) is 17.0. The van der Waals surface area contributed by atoms with E-state index in [0.717, 1.165) is 16.8 Å². The summed E-state index contributed by atoms with van der Waals surface area (Å²) in [6.45, 7) is 4.00. The van der Waals surface area contributed by atoms with Crippen molar-refractivity contribution in [1.29, 1.82) is 5.26 Å². The lowest BCUT2D eigenvalue weighted by molar-refractivity contribution is 0.334. The highest BCUT2D eigenvalue weighted by Gasteiger charge is 2.39. The molecule has 9 heteroatoms. The highest BCUT2D eigenvalue weighted by atomic mass is 16.5. The standard InChI is InChI=1S/C26H21N7O2/c1-15(2)33-26-22(23(31-33)25-30-19-5-3-4-6-20(19)34-25)21(18(13-27)24(28)35-26)16-7-9-17(10-8-16)32-12-11-29-14-32/h3-12,14-15,21H,28H2,1-2H3. The molecule has 3 aromatic heterocycles. The van der Waals surface area contributed by atoms with Gasteiger partial charge in [0, 0.05) is 18.1 Å². The SMILES string of the molecule is CC(C)n1nc(-c2nc3ccccc3o2)c2c1OC(N)=C(C#N)C2c1ccc(-n2ccnc2)cc1. The largest absolute Gasteiger partial charge is 0.435 e. The molecule has 35 heavy (non-hydrogen) atoms. The summed E-state index contributed by atoms with van der Waals surface area (Å²) < 4.78 is 15.7. The third-order valence-electron chi connectivity index (χ3n) is 6.09. The number of imidazole rings is 1. The topological polar surface area (TPSA) is 121 Å². The second-order valence-electron chi connectivity index (χ2n) is 8.58. The van der Waals surface area contributed by atoms with Gasteiger partial charge < -0.3 is 19.5 Å². The minimum atomic E-state index is -0.502. The van der Waals surface area contributed by atoms with E-state index in [9.17, 15) is 5.26 Å². The van der Waals surface area contributed by atoms with Gasteiger partial charge in [-0.25, -0.2) is 14.6 Å². The maximum absolute atomic E-state index is 10.1. The Kier molecular flexibility index (Phi) is 4.67. The average molecular weight is 464 g/mol. The van der Waals surface area contributed by atoms with Crippen LogP contribution in [0.1, 0.15) is 36.9 Å². The van der Waals surface area contributed by atoms with Crippen molar-refractivity contribution in [2.45, 2.75) is 25.8 Å². The van der Waals surface area contributed by atoms with Crippen LogP contribution in [0, 0.1) is 11.3 Å². The van der Waals surface area contributed by atoms with Gasteiger partial charge in [-0.3, -0.25) is 0 Å². The van der Waals surface area contributed by atoms with Crippen molar-refractivity contribution in [1.82, 2.24) is 24.3 Å². The van der Waals surface area contributed by atoms with Gasteiger partial charge in [0.2, 0.25) is 17.7 Å². The van der Waals surface area contributed by atoms with E-state index in [2.05, 4.69) is 16.0 Å². The van der Waals surface area contributed by atoms with E-state index in [1.165, 1.54) is 0 Å². The first kappa shape index (κ1) is 20.7. The van der Waals surface area contributed by atoms with Gasteiger partial charge in [0.25, 0.3) is 0 Å². The van der Waals surface area contributed by atoms with Crippen molar-refractivity contribution in [3.63, 3.8) is 0 Å². The molecular formula is C26H21N7O2. The van der Waals surface area contributed by atoms with Crippen molar-refractivity contribution < 1.29 is 9.15 Å². The van der Waals surface area contributed by atoms with Gasteiger partial charge in [-0.05, 0) is 43.7 Å². The summed E-state index contributed by atoms with van der Waals surface area (Å²) in [5.74, 6) is 0.411. The summed E-state index contributed by atoms with van der Waals surface area (Å²) in [4.78, 5) is 8.78. The van der Waals surface area contributed by atoms with Crippen LogP contribution in [-0.4, -0.2) is 24.3 Å². The number of rotatable bonds is 4. The molecule has 0 bridgehead atoms. The lowest BCUT2D eigenvalue weighted by Gasteiger charge is -2.25. The minimum absolute atomic E-state index is 0.0254. The molecule has 0 radical (unpaired) electrons. The van der Waals surface area contributed by atoms with E-state index < -0.39 is 5.92 Å². The van der Waals surface area contributed by atoms with Crippen molar-refractivity contribution in [2.75, 3.05) is 0 Å². The minimum Gasteiger partial charge on any atom is -0.435 e. The predicted octanol–water partition coefficient (Wildman–Crippen LogP) is 4.68. The summed E-state index contributed by atoms with van der Waals surface area (Å²) in [5.41, 5.74) is 11.0. The maximum atomic E-state index is 10.1. The van der Waals surface area contributed by atoms with E-state index in [1.807, 2.05) is 73.1 Å². The molecule has 0 spiro atoms. The first-order valence-electron chi connectivity index (χ1n) is 11.2. The fourth-order valence-corrected chi connectivity index (χ4v) is 4.42. The molecule has 4 heterocycles. The summed E-state index contributed by atoms with van der Waals surface area (Å²) in [5, 5.41) is 14.9. The van der Waals surface area contributed by atoms with Gasteiger partial charge in [0.15, 0.2) is 11.3 Å². The molecule has 6 rings (SSSR count). The third kappa shape index (κ3) is 3.27. The van der Waals surface area contributed by atoms with Crippen LogP contribution >= 0.6 is 0 Å². The van der Waals surface area contributed by atoms with Crippen LogP contribution in [0.5, 0.6) is 5.88 Å². The quantitative estimate of drug-likeness (QED) is 0.411. The zero-order valence-electron chi connectivity index (χ0n) is 19.1. The van der Waals surface area contributed by atoms with E-state index in [1.54, 1.807) is 17.2 Å². The Balaban J connectivity index is 1.57. The lowest BCUT2D eigenvalue weighted by Crippen LogP contribution is -2.22. The molecule has 2 aromatic carbocycles. The Morgan fingerprint density at radius 2 is 1.91 bits per heavy atom.